The minimum atomic E-state index is -4.05. The Bertz CT molecular complexity index is 729. The zero-order valence-corrected chi connectivity index (χ0v) is 11.3. The van der Waals surface area contributed by atoms with E-state index in [-0.39, 0.29) is 21.3 Å². The quantitative estimate of drug-likeness (QED) is 0.410. The summed E-state index contributed by atoms with van der Waals surface area (Å²) in [5, 5.41) is 14.4. The summed E-state index contributed by atoms with van der Waals surface area (Å²) in [6, 6.07) is 3.26. The van der Waals surface area contributed by atoms with Crippen molar-refractivity contribution < 1.29 is 13.3 Å². The van der Waals surface area contributed by atoms with Gasteiger partial charge in [-0.05, 0) is 6.07 Å². The molecule has 0 aliphatic carbocycles. The van der Waals surface area contributed by atoms with Gasteiger partial charge in [0.25, 0.3) is 15.7 Å². The summed E-state index contributed by atoms with van der Waals surface area (Å²) in [6.45, 7) is 0. The van der Waals surface area contributed by atoms with Crippen molar-refractivity contribution in [1.29, 1.82) is 0 Å². The van der Waals surface area contributed by atoms with Gasteiger partial charge in [-0.1, -0.05) is 4.49 Å². The first kappa shape index (κ1) is 14.1. The first-order valence-corrected chi connectivity index (χ1v) is 7.25. The van der Waals surface area contributed by atoms with Crippen molar-refractivity contribution in [2.75, 3.05) is 10.1 Å². The lowest BCUT2D eigenvalue weighted by Gasteiger charge is -2.10. The SMILES string of the molecule is NNc1ccc([N+](=O)[O-])cc1S(=O)(=O)Nc1cnns1. The lowest BCUT2D eigenvalue weighted by atomic mass is 10.3. The van der Waals surface area contributed by atoms with E-state index in [9.17, 15) is 18.5 Å². The molecule has 0 radical (unpaired) electrons. The minimum Gasteiger partial charge on any atom is -0.323 e. The minimum absolute atomic E-state index is 0.0283. The van der Waals surface area contributed by atoms with Gasteiger partial charge < -0.3 is 5.43 Å². The highest BCUT2D eigenvalue weighted by Gasteiger charge is 2.22. The molecule has 0 aliphatic rings. The van der Waals surface area contributed by atoms with Crippen LogP contribution in [-0.2, 0) is 10.0 Å². The Morgan fingerprint density at radius 1 is 1.40 bits per heavy atom. The van der Waals surface area contributed by atoms with Crippen LogP contribution in [0, 0.1) is 10.1 Å². The van der Waals surface area contributed by atoms with Crippen molar-refractivity contribution >= 4 is 37.9 Å². The molecular weight excluding hydrogens is 308 g/mol. The maximum atomic E-state index is 12.2. The highest BCUT2D eigenvalue weighted by Crippen LogP contribution is 2.27. The number of anilines is 2. The van der Waals surface area contributed by atoms with Crippen LogP contribution in [0.25, 0.3) is 0 Å². The molecule has 0 aliphatic heterocycles. The van der Waals surface area contributed by atoms with Crippen molar-refractivity contribution in [3.63, 3.8) is 0 Å². The van der Waals surface area contributed by atoms with Crippen LogP contribution in [0.3, 0.4) is 0 Å². The molecule has 0 fully saturated rings. The van der Waals surface area contributed by atoms with Gasteiger partial charge in [-0.15, -0.1) is 5.10 Å². The lowest BCUT2D eigenvalue weighted by molar-refractivity contribution is -0.385. The van der Waals surface area contributed by atoms with Gasteiger partial charge in [-0.3, -0.25) is 20.7 Å². The molecule has 0 atom stereocenters. The number of hydrazine groups is 1. The Labute approximate surface area is 117 Å². The number of hydrogen-bond donors (Lipinski definition) is 3. The summed E-state index contributed by atoms with van der Waals surface area (Å²) in [6.07, 6.45) is 1.22. The molecule has 0 unspecified atom stereocenters. The monoisotopic (exact) mass is 316 g/mol. The van der Waals surface area contributed by atoms with E-state index in [2.05, 4.69) is 19.7 Å². The number of nitro benzene ring substituents is 1. The second-order valence-corrected chi connectivity index (χ2v) is 5.91. The number of nitrogen functional groups attached to an aromatic ring is 1. The average Bonchev–Trinajstić information content (AvgIpc) is 2.90. The molecule has 2 aromatic rings. The maximum absolute atomic E-state index is 12.2. The summed E-state index contributed by atoms with van der Waals surface area (Å²) in [4.78, 5) is 9.67. The van der Waals surface area contributed by atoms with E-state index in [0.29, 0.717) is 0 Å². The Balaban J connectivity index is 2.48. The van der Waals surface area contributed by atoms with E-state index in [1.54, 1.807) is 0 Å². The first-order valence-electron chi connectivity index (χ1n) is 4.99. The molecular formula is C8H8N6O4S2. The predicted molar refractivity (Wildman–Crippen MR) is 71.6 cm³/mol. The number of nitrogens with zero attached hydrogens (tertiary/aromatic N) is 3. The van der Waals surface area contributed by atoms with Crippen molar-refractivity contribution in [1.82, 2.24) is 9.59 Å². The van der Waals surface area contributed by atoms with E-state index < -0.39 is 14.9 Å². The van der Waals surface area contributed by atoms with Gasteiger partial charge in [0.05, 0.1) is 16.8 Å². The number of nitro groups is 1. The molecule has 0 amide bonds. The molecule has 1 aromatic carbocycles. The summed E-state index contributed by atoms with van der Waals surface area (Å²) >= 11 is 0.831. The summed E-state index contributed by atoms with van der Waals surface area (Å²) < 4.78 is 30.1. The molecule has 1 aromatic heterocycles. The van der Waals surface area contributed by atoms with Crippen LogP contribution >= 0.6 is 11.5 Å². The molecule has 2 rings (SSSR count). The number of nitrogens with one attached hydrogen (secondary N) is 2. The average molecular weight is 316 g/mol. The van der Waals surface area contributed by atoms with Gasteiger partial charge in [0, 0.05) is 23.7 Å². The highest BCUT2D eigenvalue weighted by atomic mass is 32.2. The number of aromatic nitrogens is 2. The van der Waals surface area contributed by atoms with Crippen LogP contribution in [-0.4, -0.2) is 22.9 Å². The second-order valence-electron chi connectivity index (χ2n) is 3.47. The molecule has 10 nitrogen and oxygen atoms in total. The molecule has 1 heterocycles. The largest absolute Gasteiger partial charge is 0.323 e. The molecule has 0 bridgehead atoms. The molecule has 106 valence electrons. The van der Waals surface area contributed by atoms with Gasteiger partial charge in [0.1, 0.15) is 9.90 Å². The second kappa shape index (κ2) is 5.36. The van der Waals surface area contributed by atoms with E-state index in [1.165, 1.54) is 12.3 Å². The number of sulfonamides is 1. The Morgan fingerprint density at radius 3 is 2.70 bits per heavy atom. The van der Waals surface area contributed by atoms with Crippen LogP contribution in [0.5, 0.6) is 0 Å². The van der Waals surface area contributed by atoms with Crippen LogP contribution in [0.1, 0.15) is 0 Å². The van der Waals surface area contributed by atoms with Gasteiger partial charge in [-0.2, -0.15) is 0 Å². The van der Waals surface area contributed by atoms with Crippen LogP contribution in [0.15, 0.2) is 29.3 Å². The molecule has 0 saturated heterocycles. The summed E-state index contributed by atoms with van der Waals surface area (Å²) in [5.41, 5.74) is 1.84. The first-order chi connectivity index (χ1) is 9.44. The van der Waals surface area contributed by atoms with Crippen LogP contribution < -0.4 is 16.0 Å². The van der Waals surface area contributed by atoms with E-state index in [0.717, 1.165) is 23.7 Å². The Kier molecular flexibility index (Phi) is 3.78. The number of hydrogen-bond acceptors (Lipinski definition) is 9. The number of benzene rings is 1. The van der Waals surface area contributed by atoms with E-state index in [1.807, 2.05) is 0 Å². The zero-order chi connectivity index (χ0) is 14.8. The van der Waals surface area contributed by atoms with Crippen molar-refractivity contribution in [3.05, 3.63) is 34.5 Å². The number of rotatable bonds is 5. The van der Waals surface area contributed by atoms with Crippen LogP contribution in [0.4, 0.5) is 16.4 Å². The van der Waals surface area contributed by atoms with Crippen molar-refractivity contribution in [2.45, 2.75) is 4.90 Å². The fourth-order valence-electron chi connectivity index (χ4n) is 1.37. The highest BCUT2D eigenvalue weighted by molar-refractivity contribution is 7.93. The smallest absolute Gasteiger partial charge is 0.270 e. The van der Waals surface area contributed by atoms with Crippen LogP contribution in [0.2, 0.25) is 0 Å². The third-order valence-corrected chi connectivity index (χ3v) is 4.33. The van der Waals surface area contributed by atoms with E-state index >= 15 is 0 Å². The summed E-state index contributed by atoms with van der Waals surface area (Å²) in [7, 11) is -4.05. The number of nitrogens with two attached hydrogens (primary N) is 1. The van der Waals surface area contributed by atoms with Gasteiger partial charge in [0.15, 0.2) is 0 Å². The van der Waals surface area contributed by atoms with Gasteiger partial charge in [-0.25, -0.2) is 8.42 Å². The maximum Gasteiger partial charge on any atom is 0.270 e. The third-order valence-electron chi connectivity index (χ3n) is 2.22. The Hall–Kier alpha value is -2.31. The topological polar surface area (TPSA) is 153 Å². The fraction of sp³-hybridized carbons (Fsp3) is 0. The Morgan fingerprint density at radius 2 is 2.15 bits per heavy atom. The standard InChI is InChI=1S/C8H8N6O4S2/c9-11-6-2-1-5(14(15)16)3-7(6)20(17,18)12-8-4-10-13-19-8/h1-4,11-12H,9H2. The summed E-state index contributed by atoms with van der Waals surface area (Å²) in [5.74, 6) is 5.21. The zero-order valence-electron chi connectivity index (χ0n) is 9.68. The third kappa shape index (κ3) is 2.81. The van der Waals surface area contributed by atoms with Gasteiger partial charge in [0.2, 0.25) is 0 Å². The van der Waals surface area contributed by atoms with Crippen molar-refractivity contribution in [3.8, 4) is 0 Å². The molecule has 0 spiro atoms. The van der Waals surface area contributed by atoms with Crippen molar-refractivity contribution in [2.24, 2.45) is 5.84 Å². The fourth-order valence-corrected chi connectivity index (χ4v) is 3.24. The lowest BCUT2D eigenvalue weighted by Crippen LogP contribution is -2.17. The molecule has 20 heavy (non-hydrogen) atoms. The molecule has 12 heteroatoms. The van der Waals surface area contributed by atoms with E-state index in [4.69, 9.17) is 5.84 Å². The molecule has 4 N–H and O–H groups in total. The normalized spacial score (nSPS) is 11.1. The number of non-ortho nitro benzene ring substituents is 1. The predicted octanol–water partition coefficient (Wildman–Crippen LogP) is 0.533. The molecule has 0 saturated carbocycles. The van der Waals surface area contributed by atoms with Gasteiger partial charge >= 0.3 is 0 Å².